The van der Waals surface area contributed by atoms with Crippen molar-refractivity contribution in [2.24, 2.45) is 0 Å². The molecule has 2 aromatic heterocycles. The molecule has 0 aliphatic heterocycles. The van der Waals surface area contributed by atoms with Gasteiger partial charge in [0.05, 0.1) is 5.25 Å². The van der Waals surface area contributed by atoms with E-state index >= 15 is 0 Å². The quantitative estimate of drug-likeness (QED) is 0.518. The maximum absolute atomic E-state index is 12.2. The van der Waals surface area contributed by atoms with Crippen molar-refractivity contribution in [2.45, 2.75) is 24.1 Å². The van der Waals surface area contributed by atoms with E-state index in [4.69, 9.17) is 0 Å². The minimum absolute atomic E-state index is 0.0860. The Morgan fingerprint density at radius 1 is 1.21 bits per heavy atom. The Balaban J connectivity index is 2.02. The molecule has 0 aliphatic carbocycles. The van der Waals surface area contributed by atoms with Crippen LogP contribution in [0.1, 0.15) is 12.7 Å². The van der Waals surface area contributed by atoms with E-state index in [1.165, 1.54) is 22.2 Å². The number of amides is 1. The summed E-state index contributed by atoms with van der Waals surface area (Å²) in [4.78, 5) is 25.1. The predicted molar refractivity (Wildman–Crippen MR) is 102 cm³/mol. The van der Waals surface area contributed by atoms with E-state index in [1.807, 2.05) is 32.0 Å². The lowest BCUT2D eigenvalue weighted by Crippen LogP contribution is -2.29. The second kappa shape index (κ2) is 6.91. The first-order valence-corrected chi connectivity index (χ1v) is 9.36. The minimum atomic E-state index is -0.183. The number of aromatic nitrogens is 2. The van der Waals surface area contributed by atoms with E-state index in [-0.39, 0.29) is 11.2 Å². The zero-order valence-electron chi connectivity index (χ0n) is 14.1. The van der Waals surface area contributed by atoms with Gasteiger partial charge in [0, 0.05) is 24.4 Å². The molecule has 0 saturated heterocycles. The molecule has 3 rings (SSSR count). The van der Waals surface area contributed by atoms with Crippen molar-refractivity contribution in [3.05, 3.63) is 42.2 Å². The molecule has 124 valence electrons. The maximum atomic E-state index is 12.2. The number of benzene rings is 1. The first kappa shape index (κ1) is 16.9. The molecule has 4 nitrogen and oxygen atoms in total. The fourth-order valence-corrected chi connectivity index (χ4v) is 4.67. The lowest BCUT2D eigenvalue weighted by molar-refractivity contribution is -0.127. The van der Waals surface area contributed by atoms with E-state index in [1.54, 1.807) is 30.3 Å². The second-order valence-electron chi connectivity index (χ2n) is 5.76. The van der Waals surface area contributed by atoms with Crippen LogP contribution in [0, 0.1) is 6.92 Å². The van der Waals surface area contributed by atoms with Gasteiger partial charge >= 0.3 is 0 Å². The van der Waals surface area contributed by atoms with E-state index in [9.17, 15) is 4.79 Å². The fourth-order valence-electron chi connectivity index (χ4n) is 2.41. The van der Waals surface area contributed by atoms with Crippen LogP contribution in [0.3, 0.4) is 0 Å². The largest absolute Gasteiger partial charge is 0.348 e. The average Bonchev–Trinajstić information content (AvgIpc) is 2.98. The summed E-state index contributed by atoms with van der Waals surface area (Å²) in [5.41, 5.74) is 1.17. The smallest absolute Gasteiger partial charge is 0.235 e. The first-order chi connectivity index (χ1) is 11.5. The summed E-state index contributed by atoms with van der Waals surface area (Å²) in [6, 6.07) is 12.4. The maximum Gasteiger partial charge on any atom is 0.235 e. The number of aryl methyl sites for hydroxylation is 1. The molecule has 0 N–H and O–H groups in total. The molecule has 2 heterocycles. The Kier molecular flexibility index (Phi) is 4.87. The molecule has 1 amide bonds. The van der Waals surface area contributed by atoms with E-state index in [2.05, 4.69) is 28.2 Å². The number of thioether (sulfide) groups is 1. The third kappa shape index (κ3) is 3.44. The van der Waals surface area contributed by atoms with Gasteiger partial charge in [0.2, 0.25) is 5.91 Å². The molecule has 1 aromatic carbocycles. The fraction of sp³-hybridized carbons (Fsp3) is 0.278. The number of fused-ring (bicyclic) bond motifs is 1. The third-order valence-electron chi connectivity index (χ3n) is 3.60. The van der Waals surface area contributed by atoms with Gasteiger partial charge in [-0.3, -0.25) is 4.79 Å². The lowest BCUT2D eigenvalue weighted by atomic mass is 10.2. The van der Waals surface area contributed by atoms with Gasteiger partial charge in [-0.15, -0.1) is 11.3 Å². The summed E-state index contributed by atoms with van der Waals surface area (Å²) in [5.74, 6) is 0.818. The van der Waals surface area contributed by atoms with E-state index in [0.717, 1.165) is 21.1 Å². The van der Waals surface area contributed by atoms with Crippen LogP contribution in [0.2, 0.25) is 0 Å². The highest BCUT2D eigenvalue weighted by Crippen LogP contribution is 2.37. The summed E-state index contributed by atoms with van der Waals surface area (Å²) < 4.78 is 0. The summed E-state index contributed by atoms with van der Waals surface area (Å²) in [6.45, 7) is 3.81. The molecule has 0 aliphatic rings. The molecule has 0 saturated carbocycles. The van der Waals surface area contributed by atoms with Gasteiger partial charge in [-0.2, -0.15) is 0 Å². The van der Waals surface area contributed by atoms with Crippen LogP contribution in [0.25, 0.3) is 20.7 Å². The standard InChI is InChI=1S/C18H19N3OS2/c1-11(18(22)21(3)4)23-16-14-10-15(13-8-6-5-7-9-13)24-17(14)20-12(2)19-16/h5-11H,1-4H3/t11-/m0/s1. The zero-order chi connectivity index (χ0) is 17.3. The molecule has 0 bridgehead atoms. The van der Waals surface area contributed by atoms with Crippen LogP contribution in [0.15, 0.2) is 41.4 Å². The van der Waals surface area contributed by atoms with Crippen LogP contribution in [-0.4, -0.2) is 40.1 Å². The van der Waals surface area contributed by atoms with Crippen molar-refractivity contribution in [1.82, 2.24) is 14.9 Å². The van der Waals surface area contributed by atoms with Gasteiger partial charge in [0.1, 0.15) is 15.7 Å². The Hall–Kier alpha value is -1.92. The van der Waals surface area contributed by atoms with Crippen molar-refractivity contribution >= 4 is 39.2 Å². The van der Waals surface area contributed by atoms with Crippen molar-refractivity contribution < 1.29 is 4.79 Å². The van der Waals surface area contributed by atoms with Crippen LogP contribution in [-0.2, 0) is 4.79 Å². The summed E-state index contributed by atoms with van der Waals surface area (Å²) in [6.07, 6.45) is 0. The average molecular weight is 358 g/mol. The van der Waals surface area contributed by atoms with Crippen molar-refractivity contribution in [2.75, 3.05) is 14.1 Å². The SMILES string of the molecule is Cc1nc(S[C@@H](C)C(=O)N(C)C)c2cc(-c3ccccc3)sc2n1. The highest BCUT2D eigenvalue weighted by Gasteiger charge is 2.20. The normalized spacial score (nSPS) is 12.3. The van der Waals surface area contributed by atoms with Gasteiger partial charge in [-0.1, -0.05) is 42.1 Å². The van der Waals surface area contributed by atoms with Crippen molar-refractivity contribution in [3.8, 4) is 10.4 Å². The molecule has 24 heavy (non-hydrogen) atoms. The Bertz CT molecular complexity index is 875. The molecule has 0 fully saturated rings. The monoisotopic (exact) mass is 357 g/mol. The molecule has 0 spiro atoms. The highest BCUT2D eigenvalue weighted by molar-refractivity contribution is 8.00. The number of nitrogens with zero attached hydrogens (tertiary/aromatic N) is 3. The Morgan fingerprint density at radius 3 is 2.58 bits per heavy atom. The summed E-state index contributed by atoms with van der Waals surface area (Å²) >= 11 is 3.16. The molecular weight excluding hydrogens is 338 g/mol. The van der Waals surface area contributed by atoms with Crippen LogP contribution < -0.4 is 0 Å². The number of carbonyl (C=O) groups is 1. The number of carbonyl (C=O) groups excluding carboxylic acids is 1. The van der Waals surface area contributed by atoms with Gasteiger partial charge in [0.15, 0.2) is 0 Å². The first-order valence-electron chi connectivity index (χ1n) is 7.67. The molecular formula is C18H19N3OS2. The van der Waals surface area contributed by atoms with Crippen molar-refractivity contribution in [3.63, 3.8) is 0 Å². The molecule has 0 radical (unpaired) electrons. The second-order valence-corrected chi connectivity index (χ2v) is 8.12. The highest BCUT2D eigenvalue weighted by atomic mass is 32.2. The zero-order valence-corrected chi connectivity index (χ0v) is 15.7. The minimum Gasteiger partial charge on any atom is -0.348 e. The number of hydrogen-bond acceptors (Lipinski definition) is 5. The van der Waals surface area contributed by atoms with Gasteiger partial charge in [-0.25, -0.2) is 9.97 Å². The third-order valence-corrected chi connectivity index (χ3v) is 5.77. The number of rotatable bonds is 4. The molecule has 0 unspecified atom stereocenters. The van der Waals surface area contributed by atoms with Crippen molar-refractivity contribution in [1.29, 1.82) is 0 Å². The number of thiophene rings is 1. The van der Waals surface area contributed by atoms with Gasteiger partial charge in [0.25, 0.3) is 0 Å². The summed E-state index contributed by atoms with van der Waals surface area (Å²) in [7, 11) is 3.55. The van der Waals surface area contributed by atoms with E-state index < -0.39 is 0 Å². The van der Waals surface area contributed by atoms with Crippen LogP contribution in [0.4, 0.5) is 0 Å². The topological polar surface area (TPSA) is 46.1 Å². The number of hydrogen-bond donors (Lipinski definition) is 0. The lowest BCUT2D eigenvalue weighted by Gasteiger charge is -2.16. The molecule has 1 atom stereocenters. The van der Waals surface area contributed by atoms with Crippen LogP contribution >= 0.6 is 23.1 Å². The van der Waals surface area contributed by atoms with Gasteiger partial charge in [-0.05, 0) is 25.5 Å². The van der Waals surface area contributed by atoms with E-state index in [0.29, 0.717) is 0 Å². The molecule has 3 aromatic rings. The molecule has 6 heteroatoms. The van der Waals surface area contributed by atoms with Crippen LogP contribution in [0.5, 0.6) is 0 Å². The predicted octanol–water partition coefficient (Wildman–Crippen LogP) is 4.24. The Morgan fingerprint density at radius 2 is 1.92 bits per heavy atom. The summed E-state index contributed by atoms with van der Waals surface area (Å²) in [5, 5.41) is 1.71. The Labute approximate surface area is 149 Å². The van der Waals surface area contributed by atoms with Gasteiger partial charge < -0.3 is 4.90 Å².